The van der Waals surface area contributed by atoms with Gasteiger partial charge in [-0.25, -0.2) is 0 Å². The predicted molar refractivity (Wildman–Crippen MR) is 44.2 cm³/mol. The van der Waals surface area contributed by atoms with E-state index >= 15 is 0 Å². The molecule has 0 aliphatic carbocycles. The van der Waals surface area contributed by atoms with Gasteiger partial charge >= 0.3 is 88.7 Å². The molecule has 0 bridgehead atoms. The fourth-order valence-corrected chi connectivity index (χ4v) is 0. The molecule has 0 N–H and O–H groups in total. The van der Waals surface area contributed by atoms with Crippen LogP contribution in [0.15, 0.2) is 26.3 Å². The average Bonchev–Trinajstić information content (AvgIpc) is 1.72. The minimum atomic E-state index is -3.72. The van der Waals surface area contributed by atoms with Crippen LogP contribution in [0.25, 0.3) is 0 Å². The van der Waals surface area contributed by atoms with Gasteiger partial charge in [0.25, 0.3) is 0 Å². The third kappa shape index (κ3) is 178. The molecular weight excluding hydrogens is 244 g/mol. The molecule has 0 saturated carbocycles. The molecule has 8 heteroatoms. The van der Waals surface area contributed by atoms with Gasteiger partial charge in [0.1, 0.15) is 0 Å². The van der Waals surface area contributed by atoms with E-state index in [0.717, 1.165) is 0 Å². The summed E-state index contributed by atoms with van der Waals surface area (Å²) in [5.74, 6) is 0. The Morgan fingerprint density at radius 3 is 0.917 bits per heavy atom. The third-order valence-corrected chi connectivity index (χ3v) is 0. The minimum Gasteiger partial charge on any atom is -0.850 e. The normalized spacial score (nSPS) is 5.58. The van der Waals surface area contributed by atoms with Crippen molar-refractivity contribution >= 4 is 29.7 Å². The van der Waals surface area contributed by atoms with Crippen molar-refractivity contribution in [3.63, 3.8) is 0 Å². The summed E-state index contributed by atoms with van der Waals surface area (Å²) in [7, 11) is 0. The zero-order valence-corrected chi connectivity index (χ0v) is 16.4. The number of rotatable bonds is 0. The predicted octanol–water partition coefficient (Wildman–Crippen LogP) is -8.91. The summed E-state index contributed by atoms with van der Waals surface area (Å²) >= 11 is 7.28. The molecule has 0 spiro atoms. The largest absolute Gasteiger partial charge is 1.00 e. The zero-order valence-electron chi connectivity index (χ0n) is 7.91. The first-order valence-electron chi connectivity index (χ1n) is 1.73. The third-order valence-electron chi connectivity index (χ3n) is 0. The molecule has 2 nitrogen and oxygen atoms in total. The summed E-state index contributed by atoms with van der Waals surface area (Å²) in [5, 5.41) is 0. The molecule has 0 aliphatic rings. The van der Waals surface area contributed by atoms with Crippen molar-refractivity contribution in [2.45, 2.75) is 0 Å². The van der Waals surface area contributed by atoms with Crippen LogP contribution in [0.5, 0.6) is 0 Å². The van der Waals surface area contributed by atoms with Gasteiger partial charge < -0.3 is 27.7 Å². The van der Waals surface area contributed by atoms with Crippen LogP contribution >= 0.6 is 5.69 Å². The van der Waals surface area contributed by atoms with Gasteiger partial charge in [-0.3, -0.25) is 0 Å². The van der Waals surface area contributed by atoms with Gasteiger partial charge in [0.2, 0.25) is 0 Å². The Morgan fingerprint density at radius 2 is 0.917 bits per heavy atom. The maximum atomic E-state index is 9.29. The number of hydrogen-bond acceptors (Lipinski definition) is 4. The molecule has 0 aromatic carbocycles. The van der Waals surface area contributed by atoms with E-state index in [-0.39, 0.29) is 88.7 Å². The Hall–Kier alpha value is 3.40. The smallest absolute Gasteiger partial charge is 0.850 e. The fourth-order valence-electron chi connectivity index (χ4n) is 0. The Morgan fingerprint density at radius 1 is 0.917 bits per heavy atom. The number of hydrogen-bond donors (Lipinski definition) is 0. The Kier molecular flexibility index (Phi) is 88.1. The molecule has 0 radical (unpaired) electrons. The molecule has 0 fully saturated rings. The van der Waals surface area contributed by atoms with Gasteiger partial charge in [-0.2, -0.15) is 11.8 Å². The fraction of sp³-hybridized carbons (Fsp3) is 0. The van der Waals surface area contributed by atoms with E-state index in [1.807, 2.05) is 0 Å². The summed E-state index contributed by atoms with van der Waals surface area (Å²) in [5.41, 5.74) is -3.72. The zero-order chi connectivity index (χ0) is 8.50. The second-order valence-electron chi connectivity index (χ2n) is 0.447. The molecule has 0 heterocycles. The molecule has 0 saturated heterocycles. The molecule has 0 aromatic rings. The Balaban J connectivity index is -0.0000000116. The van der Waals surface area contributed by atoms with E-state index < -0.39 is 5.69 Å². The van der Waals surface area contributed by atoms with Crippen LogP contribution < -0.4 is 98.5 Å². The monoisotopic (exact) mass is 252 g/mol. The van der Waals surface area contributed by atoms with E-state index in [0.29, 0.717) is 0 Å². The average molecular weight is 252 g/mol. The van der Waals surface area contributed by atoms with E-state index in [1.54, 1.807) is 0 Å². The first-order valence-corrected chi connectivity index (χ1v) is 5.38. The van der Waals surface area contributed by atoms with Gasteiger partial charge in [-0.1, -0.05) is 0 Å². The van der Waals surface area contributed by atoms with Crippen molar-refractivity contribution in [2.75, 3.05) is 0 Å². The maximum absolute atomic E-state index is 9.29. The summed E-state index contributed by atoms with van der Waals surface area (Å²) in [4.78, 5) is 18.6. The van der Waals surface area contributed by atoms with Gasteiger partial charge in [-0.15, -0.1) is 26.3 Å². The van der Waals surface area contributed by atoms with Crippen LogP contribution in [0, 0.1) is 0 Å². The summed E-state index contributed by atoms with van der Waals surface area (Å²) in [6.45, 7) is 12.0. The molecule has 0 atom stereocenters. The molecule has 0 aliphatic heterocycles. The quantitative estimate of drug-likeness (QED) is 0.186. The molecule has 0 aromatic heterocycles. The molecule has 56 valence electrons. The van der Waals surface area contributed by atoms with Crippen LogP contribution in [0.1, 0.15) is 0 Å². The van der Waals surface area contributed by atoms with Crippen molar-refractivity contribution < 1.29 is 98.5 Å². The van der Waals surface area contributed by atoms with Gasteiger partial charge in [0.15, 0.2) is 0 Å². The van der Waals surface area contributed by atoms with Crippen LogP contribution in [-0.2, 0) is 24.1 Å². The van der Waals surface area contributed by atoms with Crippen LogP contribution in [0.3, 0.4) is 0 Å². The van der Waals surface area contributed by atoms with Crippen LogP contribution in [0.4, 0.5) is 0 Å². The second kappa shape index (κ2) is 29.3. The van der Waals surface area contributed by atoms with Crippen molar-refractivity contribution in [1.29, 1.82) is 0 Å². The van der Waals surface area contributed by atoms with Crippen molar-refractivity contribution in [3.05, 3.63) is 26.3 Å². The molecule has 0 unspecified atom stereocenters. The van der Waals surface area contributed by atoms with Crippen molar-refractivity contribution in [2.24, 2.45) is 0 Å². The maximum Gasteiger partial charge on any atom is 1.00 e. The van der Waals surface area contributed by atoms with Crippen molar-refractivity contribution in [3.8, 4) is 0 Å². The van der Waals surface area contributed by atoms with Gasteiger partial charge in [0, 0.05) is 0 Å². The summed E-state index contributed by atoms with van der Waals surface area (Å²) in [6, 6.07) is 0. The topological polar surface area (TPSA) is 46.1 Å². The first-order chi connectivity index (χ1) is 4.00. The Labute approximate surface area is 151 Å². The molecule has 0 amide bonds. The molecule has 0 rings (SSSR count). The van der Waals surface area contributed by atoms with Crippen LogP contribution in [0.2, 0.25) is 0 Å². The minimum absolute atomic E-state index is 0. The van der Waals surface area contributed by atoms with Crippen LogP contribution in [-0.4, -0.2) is 0 Å². The SMILES string of the molecule is C=C.C=C.[Na+].[Na+].[Na+].[O-]P([O-])(=S)[S-]. The molecule has 12 heavy (non-hydrogen) atoms. The standard InChI is InChI=1S/2C2H4.3Na.H3O2PS2/c2*1-2;;;;1-3(2,4)5/h2*1-2H2;;;;(H3,1,2,4,5)/q;;3*+1;/p-3. The second-order valence-corrected chi connectivity index (χ2v) is 4.92. The van der Waals surface area contributed by atoms with E-state index in [4.69, 9.17) is 0 Å². The van der Waals surface area contributed by atoms with Gasteiger partial charge in [0.05, 0.1) is 0 Å². The van der Waals surface area contributed by atoms with E-state index in [1.165, 1.54) is 0 Å². The van der Waals surface area contributed by atoms with E-state index in [2.05, 4.69) is 50.4 Å². The van der Waals surface area contributed by atoms with Crippen molar-refractivity contribution in [1.82, 2.24) is 0 Å². The first kappa shape index (κ1) is 36.1. The summed E-state index contributed by atoms with van der Waals surface area (Å²) < 4.78 is 0. The Bertz CT molecular complexity index is 90.0. The summed E-state index contributed by atoms with van der Waals surface area (Å²) in [6.07, 6.45) is 0. The molecular formula is C4H8Na3O2PS2. The van der Waals surface area contributed by atoms with E-state index in [9.17, 15) is 9.79 Å². The van der Waals surface area contributed by atoms with Gasteiger partial charge in [-0.05, 0) is 0 Å².